The van der Waals surface area contributed by atoms with Gasteiger partial charge in [0.25, 0.3) is 5.91 Å². The van der Waals surface area contributed by atoms with Crippen molar-refractivity contribution >= 4 is 33.4 Å². The number of halogens is 2. The van der Waals surface area contributed by atoms with Crippen molar-refractivity contribution in [3.05, 3.63) is 94.2 Å². The first-order chi connectivity index (χ1) is 14.0. The van der Waals surface area contributed by atoms with E-state index in [0.717, 1.165) is 10.0 Å². The maximum absolute atomic E-state index is 13.2. The Bertz CT molecular complexity index is 1030. The van der Waals surface area contributed by atoms with Crippen molar-refractivity contribution in [2.24, 2.45) is 0 Å². The highest BCUT2D eigenvalue weighted by Crippen LogP contribution is 2.16. The molecule has 3 aromatic rings. The van der Waals surface area contributed by atoms with E-state index in [0.29, 0.717) is 17.0 Å². The van der Waals surface area contributed by atoms with Crippen molar-refractivity contribution in [2.45, 2.75) is 6.61 Å². The number of carbonyl (C=O) groups excluding carboxylic acids is 2. The maximum atomic E-state index is 13.2. The molecule has 0 saturated heterocycles. The van der Waals surface area contributed by atoms with Gasteiger partial charge in [-0.2, -0.15) is 0 Å². The lowest BCUT2D eigenvalue weighted by molar-refractivity contribution is -0.115. The topological polar surface area (TPSA) is 67.4 Å². The molecule has 0 radical (unpaired) electrons. The van der Waals surface area contributed by atoms with E-state index >= 15 is 0 Å². The fourth-order valence-electron chi connectivity index (χ4n) is 2.56. The largest absolute Gasteiger partial charge is 0.489 e. The standard InChI is InChI=1S/C22H18BrFN2O3/c23-17-6-2-5-16(11-17)22(28)25-13-21(27)26-19-8-1-4-15(10-19)14-29-20-9-3-7-18(24)12-20/h1-12H,13-14H2,(H,25,28)(H,26,27). The van der Waals surface area contributed by atoms with Gasteiger partial charge in [-0.05, 0) is 48.0 Å². The second kappa shape index (κ2) is 9.84. The van der Waals surface area contributed by atoms with Crippen molar-refractivity contribution in [1.29, 1.82) is 0 Å². The normalized spacial score (nSPS) is 10.3. The summed E-state index contributed by atoms with van der Waals surface area (Å²) in [6.45, 7) is 0.0716. The molecule has 2 N–H and O–H groups in total. The Morgan fingerprint density at radius 1 is 0.966 bits per heavy atom. The van der Waals surface area contributed by atoms with Gasteiger partial charge in [-0.3, -0.25) is 9.59 Å². The van der Waals surface area contributed by atoms with Crippen molar-refractivity contribution in [3.63, 3.8) is 0 Å². The van der Waals surface area contributed by atoms with Crippen LogP contribution in [0, 0.1) is 5.82 Å². The molecule has 29 heavy (non-hydrogen) atoms. The predicted molar refractivity (Wildman–Crippen MR) is 112 cm³/mol. The fraction of sp³-hybridized carbons (Fsp3) is 0.0909. The van der Waals surface area contributed by atoms with Crippen molar-refractivity contribution < 1.29 is 18.7 Å². The highest BCUT2D eigenvalue weighted by atomic mass is 79.9. The van der Waals surface area contributed by atoms with E-state index in [9.17, 15) is 14.0 Å². The average Bonchev–Trinajstić information content (AvgIpc) is 2.71. The number of hydrogen-bond acceptors (Lipinski definition) is 3. The summed E-state index contributed by atoms with van der Waals surface area (Å²) in [7, 11) is 0. The highest BCUT2D eigenvalue weighted by Gasteiger charge is 2.09. The third-order valence-corrected chi connectivity index (χ3v) is 4.40. The van der Waals surface area contributed by atoms with Crippen molar-refractivity contribution in [1.82, 2.24) is 5.32 Å². The van der Waals surface area contributed by atoms with Crippen molar-refractivity contribution in [2.75, 3.05) is 11.9 Å². The number of ether oxygens (including phenoxy) is 1. The minimum absolute atomic E-state index is 0.157. The van der Waals surface area contributed by atoms with Gasteiger partial charge in [-0.25, -0.2) is 4.39 Å². The number of nitrogens with one attached hydrogen (secondary N) is 2. The van der Waals surface area contributed by atoms with Gasteiger partial charge in [-0.15, -0.1) is 0 Å². The van der Waals surface area contributed by atoms with Gasteiger partial charge >= 0.3 is 0 Å². The third kappa shape index (κ3) is 6.43. The number of carbonyl (C=O) groups is 2. The molecule has 3 aromatic carbocycles. The maximum Gasteiger partial charge on any atom is 0.251 e. The molecule has 148 valence electrons. The fourth-order valence-corrected chi connectivity index (χ4v) is 2.96. The van der Waals surface area contributed by atoms with E-state index in [1.807, 2.05) is 12.1 Å². The van der Waals surface area contributed by atoms with E-state index < -0.39 is 0 Å². The molecule has 0 fully saturated rings. The number of hydrogen-bond donors (Lipinski definition) is 2. The van der Waals surface area contributed by atoms with E-state index in [4.69, 9.17) is 4.74 Å². The Morgan fingerprint density at radius 2 is 1.76 bits per heavy atom. The molecule has 0 aliphatic rings. The van der Waals surface area contributed by atoms with E-state index in [-0.39, 0.29) is 30.8 Å². The van der Waals surface area contributed by atoms with Crippen LogP contribution in [-0.4, -0.2) is 18.4 Å². The van der Waals surface area contributed by atoms with Crippen LogP contribution in [0.3, 0.4) is 0 Å². The van der Waals surface area contributed by atoms with Crippen LogP contribution in [0.1, 0.15) is 15.9 Å². The SMILES string of the molecule is O=C(CNC(=O)c1cccc(Br)c1)Nc1cccc(COc2cccc(F)c2)c1. The van der Waals surface area contributed by atoms with Crippen LogP contribution in [0.15, 0.2) is 77.3 Å². The van der Waals surface area contributed by atoms with Crippen LogP contribution >= 0.6 is 15.9 Å². The molecule has 2 amide bonds. The number of benzene rings is 3. The van der Waals surface area contributed by atoms with Gasteiger partial charge in [0.15, 0.2) is 0 Å². The molecule has 0 bridgehead atoms. The molecular weight excluding hydrogens is 439 g/mol. The van der Waals surface area contributed by atoms with E-state index in [2.05, 4.69) is 26.6 Å². The van der Waals surface area contributed by atoms with Gasteiger partial charge in [0, 0.05) is 21.8 Å². The van der Waals surface area contributed by atoms with Crippen LogP contribution in [0.4, 0.5) is 10.1 Å². The smallest absolute Gasteiger partial charge is 0.251 e. The second-order valence-corrected chi connectivity index (χ2v) is 7.10. The minimum atomic E-state index is -0.367. The Hall–Kier alpha value is -3.19. The lowest BCUT2D eigenvalue weighted by Crippen LogP contribution is -2.32. The monoisotopic (exact) mass is 456 g/mol. The summed E-state index contributed by atoms with van der Waals surface area (Å²) in [5, 5.41) is 5.31. The minimum Gasteiger partial charge on any atom is -0.489 e. The van der Waals surface area contributed by atoms with Crippen LogP contribution < -0.4 is 15.4 Å². The summed E-state index contributed by atoms with van der Waals surface area (Å²) in [6, 6.07) is 19.9. The molecule has 7 heteroatoms. The molecule has 3 rings (SSSR count). The van der Waals surface area contributed by atoms with Gasteiger partial charge in [-0.1, -0.05) is 40.2 Å². The zero-order chi connectivity index (χ0) is 20.6. The number of rotatable bonds is 7. The van der Waals surface area contributed by atoms with Crippen LogP contribution in [-0.2, 0) is 11.4 Å². The lowest BCUT2D eigenvalue weighted by Gasteiger charge is -2.10. The molecule has 0 saturated carbocycles. The van der Waals surface area contributed by atoms with E-state index in [1.54, 1.807) is 48.5 Å². The molecular formula is C22H18BrFN2O3. The Balaban J connectivity index is 1.51. The predicted octanol–water partition coefficient (Wildman–Crippen LogP) is 4.54. The number of anilines is 1. The summed E-state index contributed by atoms with van der Waals surface area (Å²) in [6.07, 6.45) is 0. The quantitative estimate of drug-likeness (QED) is 0.548. The summed E-state index contributed by atoms with van der Waals surface area (Å²) >= 11 is 3.30. The van der Waals surface area contributed by atoms with Crippen LogP contribution in [0.5, 0.6) is 5.75 Å². The summed E-state index contributed by atoms with van der Waals surface area (Å²) in [5.74, 6) is -0.627. The van der Waals surface area contributed by atoms with Gasteiger partial charge < -0.3 is 15.4 Å². The Morgan fingerprint density at radius 3 is 2.55 bits per heavy atom. The summed E-state index contributed by atoms with van der Waals surface area (Å²) < 4.78 is 19.5. The molecule has 0 unspecified atom stereocenters. The average molecular weight is 457 g/mol. The van der Waals surface area contributed by atoms with Crippen LogP contribution in [0.25, 0.3) is 0 Å². The van der Waals surface area contributed by atoms with Crippen LogP contribution in [0.2, 0.25) is 0 Å². The van der Waals surface area contributed by atoms with E-state index in [1.165, 1.54) is 12.1 Å². The molecule has 5 nitrogen and oxygen atoms in total. The summed E-state index contributed by atoms with van der Waals surface area (Å²) in [5.41, 5.74) is 1.85. The Kier molecular flexibility index (Phi) is 6.97. The third-order valence-electron chi connectivity index (χ3n) is 3.91. The first-order valence-electron chi connectivity index (χ1n) is 8.80. The van der Waals surface area contributed by atoms with Gasteiger partial charge in [0.05, 0.1) is 6.54 Å². The lowest BCUT2D eigenvalue weighted by atomic mass is 10.2. The first kappa shape index (κ1) is 20.5. The van der Waals surface area contributed by atoms with Gasteiger partial charge in [0.1, 0.15) is 18.2 Å². The molecule has 0 spiro atoms. The summed E-state index contributed by atoms with van der Waals surface area (Å²) in [4.78, 5) is 24.2. The molecule has 0 aliphatic heterocycles. The highest BCUT2D eigenvalue weighted by molar-refractivity contribution is 9.10. The Labute approximate surface area is 176 Å². The second-order valence-electron chi connectivity index (χ2n) is 6.19. The first-order valence-corrected chi connectivity index (χ1v) is 9.60. The molecule has 0 heterocycles. The van der Waals surface area contributed by atoms with Crippen molar-refractivity contribution in [3.8, 4) is 5.75 Å². The van der Waals surface area contributed by atoms with Gasteiger partial charge in [0.2, 0.25) is 5.91 Å². The zero-order valence-corrected chi connectivity index (χ0v) is 16.9. The number of amides is 2. The molecule has 0 atom stereocenters. The molecule has 0 aliphatic carbocycles. The molecule has 0 aromatic heterocycles. The zero-order valence-electron chi connectivity index (χ0n) is 15.3.